The number of nitrogens with zero attached hydrogens (tertiary/aromatic N) is 2. The lowest BCUT2D eigenvalue weighted by molar-refractivity contribution is 0.414. The molecule has 0 bridgehead atoms. The molecule has 1 N–H and O–H groups in total. The normalized spacial score (nSPS) is 10.4. The van der Waals surface area contributed by atoms with Crippen LogP contribution in [0.25, 0.3) is 12.2 Å². The largest absolute Gasteiger partial charge is 0.497 e. The molecule has 0 aliphatic rings. The van der Waals surface area contributed by atoms with Gasteiger partial charge >= 0.3 is 0 Å². The molecule has 0 fully saturated rings. The predicted octanol–water partition coefficient (Wildman–Crippen LogP) is 3.16. The summed E-state index contributed by atoms with van der Waals surface area (Å²) in [6, 6.07) is 9.61. The Morgan fingerprint density at radius 2 is 2.30 bits per heavy atom. The minimum absolute atomic E-state index is 0.261. The number of methoxy groups -OCH3 is 1. The molecule has 2 rings (SSSR count). The number of nitriles is 1. The minimum Gasteiger partial charge on any atom is -0.497 e. The lowest BCUT2D eigenvalue weighted by Gasteiger charge is -1.99. The summed E-state index contributed by atoms with van der Waals surface area (Å²) in [5.41, 5.74) is 1.23. The molecule has 1 heterocycles. The lowest BCUT2D eigenvalue weighted by Crippen LogP contribution is -1.96. The van der Waals surface area contributed by atoms with E-state index < -0.39 is 0 Å². The van der Waals surface area contributed by atoms with Gasteiger partial charge in [-0.15, -0.1) is 0 Å². The summed E-state index contributed by atoms with van der Waals surface area (Å²) in [7, 11) is 1.62. The van der Waals surface area contributed by atoms with Gasteiger partial charge in [-0.25, -0.2) is 0 Å². The van der Waals surface area contributed by atoms with Crippen molar-refractivity contribution in [2.24, 2.45) is 0 Å². The maximum atomic E-state index is 8.96. The molecule has 0 amide bonds. The average Bonchev–Trinajstić information content (AvgIpc) is 2.88. The molecule has 2 aromatic rings. The molecule has 1 aromatic heterocycles. The molecular weight excluding hydrogens is 254 g/mol. The monoisotopic (exact) mass is 269 g/mol. The highest BCUT2D eigenvalue weighted by atomic mass is 16.5. The third-order valence-electron chi connectivity index (χ3n) is 2.60. The molecule has 1 aromatic carbocycles. The number of oxazole rings is 1. The molecule has 0 saturated heterocycles. The third kappa shape index (κ3) is 3.18. The fraction of sp³-hybridized carbons (Fsp3) is 0.200. The van der Waals surface area contributed by atoms with Crippen LogP contribution < -0.4 is 10.1 Å². The Balaban J connectivity index is 2.20. The van der Waals surface area contributed by atoms with Gasteiger partial charge in [-0.05, 0) is 30.7 Å². The number of ether oxygens (including phenoxy) is 1. The fourth-order valence-electron chi connectivity index (χ4n) is 1.68. The first kappa shape index (κ1) is 13.7. The third-order valence-corrected chi connectivity index (χ3v) is 2.60. The van der Waals surface area contributed by atoms with Gasteiger partial charge in [-0.3, -0.25) is 0 Å². The second-order valence-electron chi connectivity index (χ2n) is 3.98. The van der Waals surface area contributed by atoms with Crippen LogP contribution in [0.3, 0.4) is 0 Å². The Morgan fingerprint density at radius 3 is 3.00 bits per heavy atom. The minimum atomic E-state index is 0.261. The van der Waals surface area contributed by atoms with Crippen LogP contribution in [0.4, 0.5) is 5.88 Å². The SMILES string of the molecule is CCNc1oc(C=Cc2cccc(OC)c2)nc1C#N. The molecule has 5 heteroatoms. The van der Waals surface area contributed by atoms with E-state index in [2.05, 4.69) is 10.3 Å². The number of nitrogens with one attached hydrogen (secondary N) is 1. The van der Waals surface area contributed by atoms with Crippen LogP contribution in [0.2, 0.25) is 0 Å². The van der Waals surface area contributed by atoms with Crippen molar-refractivity contribution in [1.29, 1.82) is 5.26 Å². The second kappa shape index (κ2) is 6.43. The van der Waals surface area contributed by atoms with Gasteiger partial charge in [-0.1, -0.05) is 12.1 Å². The number of aromatic nitrogens is 1. The van der Waals surface area contributed by atoms with E-state index in [1.165, 1.54) is 0 Å². The maximum absolute atomic E-state index is 8.96. The molecule has 0 spiro atoms. The Kier molecular flexibility index (Phi) is 4.40. The van der Waals surface area contributed by atoms with E-state index in [0.29, 0.717) is 18.3 Å². The molecule has 0 atom stereocenters. The Morgan fingerprint density at radius 1 is 1.45 bits per heavy atom. The van der Waals surface area contributed by atoms with Gasteiger partial charge in [0.2, 0.25) is 17.5 Å². The summed E-state index contributed by atoms with van der Waals surface area (Å²) in [5.74, 6) is 1.58. The van der Waals surface area contributed by atoms with Gasteiger partial charge in [0.1, 0.15) is 11.8 Å². The molecule has 0 saturated carbocycles. The standard InChI is InChI=1S/C15H15N3O2/c1-3-17-15-13(10-16)18-14(20-15)8-7-11-5-4-6-12(9-11)19-2/h4-9,17H,3H2,1-2H3. The highest BCUT2D eigenvalue weighted by Crippen LogP contribution is 2.19. The number of benzene rings is 1. The summed E-state index contributed by atoms with van der Waals surface area (Å²) < 4.78 is 10.6. The van der Waals surface area contributed by atoms with E-state index in [0.717, 1.165) is 11.3 Å². The topological polar surface area (TPSA) is 71.1 Å². The molecule has 0 aliphatic carbocycles. The molecular formula is C15H15N3O2. The second-order valence-corrected chi connectivity index (χ2v) is 3.98. The van der Waals surface area contributed by atoms with Crippen molar-refractivity contribution >= 4 is 18.0 Å². The van der Waals surface area contributed by atoms with Crippen LogP contribution in [0.5, 0.6) is 5.75 Å². The Bertz CT molecular complexity index is 653. The molecule has 20 heavy (non-hydrogen) atoms. The van der Waals surface area contributed by atoms with Crippen LogP contribution in [-0.2, 0) is 0 Å². The molecule has 5 nitrogen and oxygen atoms in total. The number of rotatable bonds is 5. The molecule has 0 radical (unpaired) electrons. The van der Waals surface area contributed by atoms with Crippen molar-refractivity contribution in [2.45, 2.75) is 6.92 Å². The van der Waals surface area contributed by atoms with Crippen molar-refractivity contribution in [3.8, 4) is 11.8 Å². The summed E-state index contributed by atoms with van der Waals surface area (Å²) in [6.07, 6.45) is 3.57. The van der Waals surface area contributed by atoms with Crippen molar-refractivity contribution < 1.29 is 9.15 Å². The van der Waals surface area contributed by atoms with Crippen LogP contribution >= 0.6 is 0 Å². The first-order valence-corrected chi connectivity index (χ1v) is 6.23. The molecule has 102 valence electrons. The zero-order valence-corrected chi connectivity index (χ0v) is 11.4. The number of hydrogen-bond donors (Lipinski definition) is 1. The van der Waals surface area contributed by atoms with Crippen molar-refractivity contribution in [3.05, 3.63) is 41.4 Å². The first-order chi connectivity index (χ1) is 9.76. The van der Waals surface area contributed by atoms with E-state index in [9.17, 15) is 0 Å². The van der Waals surface area contributed by atoms with Crippen molar-refractivity contribution in [1.82, 2.24) is 4.98 Å². The zero-order chi connectivity index (χ0) is 14.4. The van der Waals surface area contributed by atoms with Gasteiger partial charge < -0.3 is 14.5 Å². The average molecular weight is 269 g/mol. The summed E-state index contributed by atoms with van der Waals surface area (Å²) in [5, 5.41) is 11.9. The van der Waals surface area contributed by atoms with E-state index in [4.69, 9.17) is 14.4 Å². The van der Waals surface area contributed by atoms with Crippen LogP contribution in [0.15, 0.2) is 28.7 Å². The molecule has 0 unspecified atom stereocenters. The van der Waals surface area contributed by atoms with E-state index >= 15 is 0 Å². The summed E-state index contributed by atoms with van der Waals surface area (Å²) >= 11 is 0. The lowest BCUT2D eigenvalue weighted by atomic mass is 10.2. The van der Waals surface area contributed by atoms with Gasteiger partial charge in [0.05, 0.1) is 7.11 Å². The van der Waals surface area contributed by atoms with E-state index in [1.54, 1.807) is 13.2 Å². The highest BCUT2D eigenvalue weighted by molar-refractivity contribution is 5.67. The van der Waals surface area contributed by atoms with Crippen LogP contribution in [-0.4, -0.2) is 18.6 Å². The van der Waals surface area contributed by atoms with E-state index in [-0.39, 0.29) is 5.69 Å². The van der Waals surface area contributed by atoms with Gasteiger partial charge in [0.15, 0.2) is 0 Å². The van der Waals surface area contributed by atoms with E-state index in [1.807, 2.05) is 43.3 Å². The summed E-state index contributed by atoms with van der Waals surface area (Å²) in [6.45, 7) is 2.60. The van der Waals surface area contributed by atoms with Crippen molar-refractivity contribution in [3.63, 3.8) is 0 Å². The maximum Gasteiger partial charge on any atom is 0.232 e. The highest BCUT2D eigenvalue weighted by Gasteiger charge is 2.09. The fourth-order valence-corrected chi connectivity index (χ4v) is 1.68. The van der Waals surface area contributed by atoms with Gasteiger partial charge in [0, 0.05) is 12.6 Å². The predicted molar refractivity (Wildman–Crippen MR) is 77.3 cm³/mol. The van der Waals surface area contributed by atoms with Gasteiger partial charge in [0.25, 0.3) is 0 Å². The summed E-state index contributed by atoms with van der Waals surface area (Å²) in [4.78, 5) is 4.10. The Labute approximate surface area is 117 Å². The first-order valence-electron chi connectivity index (χ1n) is 6.23. The van der Waals surface area contributed by atoms with Crippen LogP contribution in [0.1, 0.15) is 24.1 Å². The quantitative estimate of drug-likeness (QED) is 0.902. The number of hydrogen-bond acceptors (Lipinski definition) is 5. The van der Waals surface area contributed by atoms with Gasteiger partial charge in [-0.2, -0.15) is 10.2 Å². The zero-order valence-electron chi connectivity index (χ0n) is 11.4. The molecule has 0 aliphatic heterocycles. The smallest absolute Gasteiger partial charge is 0.232 e. The van der Waals surface area contributed by atoms with Crippen molar-refractivity contribution in [2.75, 3.05) is 19.0 Å². The number of anilines is 1. The van der Waals surface area contributed by atoms with Crippen LogP contribution in [0, 0.1) is 11.3 Å². The Hall–Kier alpha value is -2.74.